The van der Waals surface area contributed by atoms with Crippen LogP contribution in [0.4, 0.5) is 0 Å². The van der Waals surface area contributed by atoms with E-state index < -0.39 is 0 Å². The third-order valence-corrected chi connectivity index (χ3v) is 4.60. The van der Waals surface area contributed by atoms with Crippen molar-refractivity contribution in [2.24, 2.45) is 5.92 Å². The van der Waals surface area contributed by atoms with Gasteiger partial charge >= 0.3 is 0 Å². The van der Waals surface area contributed by atoms with Gasteiger partial charge in [0.2, 0.25) is 0 Å². The molecular formula is C18H23N3O2. The summed E-state index contributed by atoms with van der Waals surface area (Å²) >= 11 is 0. The average molecular weight is 313 g/mol. The Balaban J connectivity index is 1.60. The van der Waals surface area contributed by atoms with Gasteiger partial charge in [0, 0.05) is 44.0 Å². The number of hydrogen-bond acceptors (Lipinski definition) is 3. The highest BCUT2D eigenvalue weighted by Gasteiger charge is 2.27. The van der Waals surface area contributed by atoms with Crippen LogP contribution in [-0.4, -0.2) is 45.2 Å². The SMILES string of the molecule is CN(CC1CCCC1O)C(=O)c1ccc(Cn2ccnc2)cc1. The highest BCUT2D eigenvalue weighted by molar-refractivity contribution is 5.94. The van der Waals surface area contributed by atoms with E-state index in [4.69, 9.17) is 0 Å². The lowest BCUT2D eigenvalue weighted by Crippen LogP contribution is -2.34. The van der Waals surface area contributed by atoms with Crippen molar-refractivity contribution < 1.29 is 9.90 Å². The molecule has 1 N–H and O–H groups in total. The molecule has 0 saturated heterocycles. The van der Waals surface area contributed by atoms with Gasteiger partial charge in [0.1, 0.15) is 0 Å². The Hall–Kier alpha value is -2.14. The number of aliphatic hydroxyl groups excluding tert-OH is 1. The molecule has 5 nitrogen and oxygen atoms in total. The third kappa shape index (κ3) is 3.79. The fourth-order valence-electron chi connectivity index (χ4n) is 3.23. The number of carbonyl (C=O) groups is 1. The van der Waals surface area contributed by atoms with Crippen molar-refractivity contribution in [2.75, 3.05) is 13.6 Å². The van der Waals surface area contributed by atoms with Crippen molar-refractivity contribution in [2.45, 2.75) is 31.9 Å². The van der Waals surface area contributed by atoms with Gasteiger partial charge in [-0.2, -0.15) is 0 Å². The van der Waals surface area contributed by atoms with Crippen LogP contribution in [0.3, 0.4) is 0 Å². The molecule has 1 aliphatic rings. The van der Waals surface area contributed by atoms with Crippen LogP contribution in [-0.2, 0) is 6.54 Å². The van der Waals surface area contributed by atoms with Crippen molar-refractivity contribution >= 4 is 5.91 Å². The minimum absolute atomic E-state index is 0.0123. The predicted molar refractivity (Wildman–Crippen MR) is 88.1 cm³/mol. The number of carbonyl (C=O) groups excluding carboxylic acids is 1. The molecule has 1 heterocycles. The first-order chi connectivity index (χ1) is 11.1. The number of rotatable bonds is 5. The molecule has 122 valence electrons. The molecule has 2 aromatic rings. The molecule has 0 aliphatic heterocycles. The van der Waals surface area contributed by atoms with Crippen molar-refractivity contribution in [1.82, 2.24) is 14.5 Å². The van der Waals surface area contributed by atoms with Crippen LogP contribution in [0.2, 0.25) is 0 Å². The maximum absolute atomic E-state index is 12.5. The van der Waals surface area contributed by atoms with Gasteiger partial charge < -0.3 is 14.6 Å². The minimum Gasteiger partial charge on any atom is -0.393 e. The first-order valence-electron chi connectivity index (χ1n) is 8.11. The van der Waals surface area contributed by atoms with Crippen LogP contribution in [0, 0.1) is 5.92 Å². The van der Waals surface area contributed by atoms with Gasteiger partial charge in [-0.25, -0.2) is 4.98 Å². The van der Waals surface area contributed by atoms with Gasteiger partial charge in [0.15, 0.2) is 0 Å². The summed E-state index contributed by atoms with van der Waals surface area (Å²) in [7, 11) is 1.81. The number of aromatic nitrogens is 2. The van der Waals surface area contributed by atoms with E-state index >= 15 is 0 Å². The first kappa shape index (κ1) is 15.7. The lowest BCUT2D eigenvalue weighted by molar-refractivity contribution is 0.0693. The monoisotopic (exact) mass is 313 g/mol. The van der Waals surface area contributed by atoms with E-state index in [0.717, 1.165) is 31.4 Å². The van der Waals surface area contributed by atoms with E-state index in [-0.39, 0.29) is 17.9 Å². The van der Waals surface area contributed by atoms with Crippen molar-refractivity contribution in [1.29, 1.82) is 0 Å². The lowest BCUT2D eigenvalue weighted by Gasteiger charge is -2.23. The number of benzene rings is 1. The second-order valence-electron chi connectivity index (χ2n) is 6.38. The van der Waals surface area contributed by atoms with Crippen LogP contribution in [0.15, 0.2) is 43.0 Å². The maximum Gasteiger partial charge on any atom is 0.253 e. The summed E-state index contributed by atoms with van der Waals surface area (Å²) in [6.45, 7) is 1.37. The predicted octanol–water partition coefficient (Wildman–Crippen LogP) is 2.16. The second kappa shape index (κ2) is 6.96. The van der Waals surface area contributed by atoms with Crippen LogP contribution in [0.1, 0.15) is 35.2 Å². The fraction of sp³-hybridized carbons (Fsp3) is 0.444. The van der Waals surface area contributed by atoms with E-state index in [1.54, 1.807) is 17.4 Å². The molecule has 1 fully saturated rings. The highest BCUT2D eigenvalue weighted by atomic mass is 16.3. The summed E-state index contributed by atoms with van der Waals surface area (Å²) in [5.74, 6) is 0.225. The van der Waals surface area contributed by atoms with E-state index in [0.29, 0.717) is 12.1 Å². The number of aliphatic hydroxyl groups is 1. The Kier molecular flexibility index (Phi) is 4.76. The van der Waals surface area contributed by atoms with Gasteiger partial charge in [0.05, 0.1) is 12.4 Å². The summed E-state index contributed by atoms with van der Waals surface area (Å²) in [5.41, 5.74) is 1.82. The van der Waals surface area contributed by atoms with Crippen molar-refractivity contribution in [3.05, 3.63) is 54.1 Å². The molecule has 1 saturated carbocycles. The summed E-state index contributed by atoms with van der Waals surface area (Å²) in [6.07, 6.45) is 8.10. The molecule has 1 aliphatic carbocycles. The topological polar surface area (TPSA) is 58.4 Å². The zero-order chi connectivity index (χ0) is 16.2. The molecule has 23 heavy (non-hydrogen) atoms. The molecule has 0 spiro atoms. The van der Waals surface area contributed by atoms with E-state index in [2.05, 4.69) is 4.98 Å². The van der Waals surface area contributed by atoms with Gasteiger partial charge in [-0.05, 0) is 30.5 Å². The largest absolute Gasteiger partial charge is 0.393 e. The van der Waals surface area contributed by atoms with Crippen LogP contribution in [0.5, 0.6) is 0 Å². The van der Waals surface area contributed by atoms with E-state index in [1.807, 2.05) is 42.1 Å². The van der Waals surface area contributed by atoms with E-state index in [1.165, 1.54) is 0 Å². The van der Waals surface area contributed by atoms with Crippen molar-refractivity contribution in [3.63, 3.8) is 0 Å². The smallest absolute Gasteiger partial charge is 0.253 e. The molecule has 0 radical (unpaired) electrons. The Morgan fingerprint density at radius 2 is 2.13 bits per heavy atom. The van der Waals surface area contributed by atoms with E-state index in [9.17, 15) is 9.90 Å². The van der Waals surface area contributed by atoms with Gasteiger partial charge in [-0.3, -0.25) is 4.79 Å². The van der Waals surface area contributed by atoms with Crippen LogP contribution >= 0.6 is 0 Å². The lowest BCUT2D eigenvalue weighted by atomic mass is 10.0. The number of nitrogens with zero attached hydrogens (tertiary/aromatic N) is 3. The van der Waals surface area contributed by atoms with Gasteiger partial charge in [-0.15, -0.1) is 0 Å². The van der Waals surface area contributed by atoms with Gasteiger partial charge in [-0.1, -0.05) is 18.6 Å². The zero-order valence-corrected chi connectivity index (χ0v) is 13.4. The average Bonchev–Trinajstić information content (AvgIpc) is 3.20. The molecular weight excluding hydrogens is 290 g/mol. The molecule has 1 aromatic carbocycles. The Morgan fingerprint density at radius 1 is 1.35 bits per heavy atom. The minimum atomic E-state index is -0.261. The Morgan fingerprint density at radius 3 is 2.74 bits per heavy atom. The molecule has 2 atom stereocenters. The molecule has 3 rings (SSSR count). The molecule has 5 heteroatoms. The molecule has 1 amide bonds. The Labute approximate surface area is 136 Å². The summed E-state index contributed by atoms with van der Waals surface area (Å²) in [5, 5.41) is 9.90. The second-order valence-corrected chi connectivity index (χ2v) is 6.38. The van der Waals surface area contributed by atoms with Crippen LogP contribution < -0.4 is 0 Å². The van der Waals surface area contributed by atoms with Gasteiger partial charge in [0.25, 0.3) is 5.91 Å². The number of amides is 1. The first-order valence-corrected chi connectivity index (χ1v) is 8.11. The highest BCUT2D eigenvalue weighted by Crippen LogP contribution is 2.26. The zero-order valence-electron chi connectivity index (χ0n) is 13.4. The Bertz CT molecular complexity index is 637. The third-order valence-electron chi connectivity index (χ3n) is 4.60. The molecule has 1 aromatic heterocycles. The summed E-state index contributed by atoms with van der Waals surface area (Å²) < 4.78 is 1.99. The van der Waals surface area contributed by atoms with Crippen molar-refractivity contribution in [3.8, 4) is 0 Å². The summed E-state index contributed by atoms with van der Waals surface area (Å²) in [6, 6.07) is 7.70. The maximum atomic E-state index is 12.5. The number of hydrogen-bond donors (Lipinski definition) is 1. The normalized spacial score (nSPS) is 20.6. The fourth-order valence-corrected chi connectivity index (χ4v) is 3.23. The number of imidazole rings is 1. The summed E-state index contributed by atoms with van der Waals surface area (Å²) in [4.78, 5) is 18.2. The van der Waals surface area contributed by atoms with Crippen LogP contribution in [0.25, 0.3) is 0 Å². The molecule has 0 bridgehead atoms. The standard InChI is InChI=1S/C18H23N3O2/c1-20(12-16-3-2-4-17(16)22)18(23)15-7-5-14(6-8-15)11-21-10-9-19-13-21/h5-10,13,16-17,22H,2-4,11-12H2,1H3. The molecule has 2 unspecified atom stereocenters. The quantitative estimate of drug-likeness (QED) is 0.920.